The number of ether oxygens (including phenoxy) is 1. The minimum atomic E-state index is 0.203. The van der Waals surface area contributed by atoms with Gasteiger partial charge in [0.15, 0.2) is 0 Å². The lowest BCUT2D eigenvalue weighted by Gasteiger charge is -2.11. The van der Waals surface area contributed by atoms with Crippen molar-refractivity contribution in [1.82, 2.24) is 10.3 Å². The third-order valence-electron chi connectivity index (χ3n) is 2.71. The lowest BCUT2D eigenvalue weighted by Crippen LogP contribution is -2.13. The molecule has 0 saturated heterocycles. The highest BCUT2D eigenvalue weighted by Gasteiger charge is 2.05. The van der Waals surface area contributed by atoms with Crippen LogP contribution in [0.1, 0.15) is 18.7 Å². The van der Waals surface area contributed by atoms with Crippen molar-refractivity contribution in [3.05, 3.63) is 52.3 Å². The van der Waals surface area contributed by atoms with Crippen molar-refractivity contribution in [3.63, 3.8) is 0 Å². The fourth-order valence-corrected chi connectivity index (χ4v) is 2.09. The molecule has 2 rings (SSSR count). The Morgan fingerprint density at radius 3 is 2.32 bits per heavy atom. The van der Waals surface area contributed by atoms with Crippen LogP contribution in [-0.2, 0) is 0 Å². The average molecular weight is 297 g/mol. The Hall–Kier alpha value is -1.29. The van der Waals surface area contributed by atoms with E-state index in [-0.39, 0.29) is 6.04 Å². The second-order valence-electron chi connectivity index (χ2n) is 4.14. The predicted octanol–water partition coefficient (Wildman–Crippen LogP) is 4.46. The maximum Gasteiger partial charge on any atom is 0.145 e. The van der Waals surface area contributed by atoms with E-state index in [4.69, 9.17) is 27.9 Å². The van der Waals surface area contributed by atoms with Crippen molar-refractivity contribution in [1.29, 1.82) is 0 Å². The number of hydrogen-bond donors (Lipinski definition) is 1. The van der Waals surface area contributed by atoms with Gasteiger partial charge >= 0.3 is 0 Å². The maximum absolute atomic E-state index is 5.91. The number of halogens is 2. The minimum absolute atomic E-state index is 0.203. The Morgan fingerprint density at radius 1 is 1.11 bits per heavy atom. The number of benzene rings is 1. The van der Waals surface area contributed by atoms with Gasteiger partial charge in [0.2, 0.25) is 0 Å². The summed E-state index contributed by atoms with van der Waals surface area (Å²) in [5.74, 6) is 1.24. The van der Waals surface area contributed by atoms with Gasteiger partial charge in [0.1, 0.15) is 11.5 Å². The van der Waals surface area contributed by atoms with Crippen LogP contribution in [0, 0.1) is 0 Å². The van der Waals surface area contributed by atoms with Gasteiger partial charge < -0.3 is 10.1 Å². The molecule has 1 N–H and O–H groups in total. The van der Waals surface area contributed by atoms with Crippen molar-refractivity contribution < 1.29 is 4.74 Å². The molecule has 19 heavy (non-hydrogen) atoms. The van der Waals surface area contributed by atoms with Crippen LogP contribution >= 0.6 is 23.2 Å². The van der Waals surface area contributed by atoms with Crippen molar-refractivity contribution in [2.24, 2.45) is 0 Å². The molecule has 0 fully saturated rings. The summed E-state index contributed by atoms with van der Waals surface area (Å²) >= 11 is 11.8. The average Bonchev–Trinajstić information content (AvgIpc) is 2.37. The fraction of sp³-hybridized carbons (Fsp3) is 0.214. The standard InChI is InChI=1S/C14H14Cl2N2O/c1-9(17-2)14-4-3-12(8-18-14)19-13-6-10(15)5-11(16)7-13/h3-9,17H,1-2H3. The van der Waals surface area contributed by atoms with Gasteiger partial charge in [-0.3, -0.25) is 4.98 Å². The highest BCUT2D eigenvalue weighted by Crippen LogP contribution is 2.28. The van der Waals surface area contributed by atoms with E-state index in [1.54, 1.807) is 24.4 Å². The topological polar surface area (TPSA) is 34.1 Å². The zero-order valence-corrected chi connectivity index (χ0v) is 12.2. The van der Waals surface area contributed by atoms with Crippen LogP contribution in [0.3, 0.4) is 0 Å². The number of hydrogen-bond acceptors (Lipinski definition) is 3. The van der Waals surface area contributed by atoms with Gasteiger partial charge in [0.05, 0.1) is 11.9 Å². The fourth-order valence-electron chi connectivity index (χ4n) is 1.58. The highest BCUT2D eigenvalue weighted by molar-refractivity contribution is 6.34. The van der Waals surface area contributed by atoms with Gasteiger partial charge in [0, 0.05) is 16.1 Å². The summed E-state index contributed by atoms with van der Waals surface area (Å²) in [6.07, 6.45) is 1.68. The normalized spacial score (nSPS) is 12.2. The third kappa shape index (κ3) is 3.83. The molecule has 1 atom stereocenters. The van der Waals surface area contributed by atoms with E-state index in [1.165, 1.54) is 0 Å². The van der Waals surface area contributed by atoms with Crippen LogP contribution in [0.25, 0.3) is 0 Å². The molecule has 0 amide bonds. The molecule has 0 aliphatic carbocycles. The summed E-state index contributed by atoms with van der Waals surface area (Å²) in [5, 5.41) is 4.20. The van der Waals surface area contributed by atoms with E-state index in [0.717, 1.165) is 5.69 Å². The summed E-state index contributed by atoms with van der Waals surface area (Å²) in [5.41, 5.74) is 0.957. The molecule has 5 heteroatoms. The molecule has 0 spiro atoms. The summed E-state index contributed by atoms with van der Waals surface area (Å²) < 4.78 is 5.66. The summed E-state index contributed by atoms with van der Waals surface area (Å²) in [6.45, 7) is 2.04. The summed E-state index contributed by atoms with van der Waals surface area (Å²) in [6, 6.07) is 9.06. The molecule has 0 bridgehead atoms. The molecule has 0 radical (unpaired) electrons. The zero-order valence-electron chi connectivity index (χ0n) is 10.7. The third-order valence-corrected chi connectivity index (χ3v) is 3.14. The summed E-state index contributed by atoms with van der Waals surface area (Å²) in [4.78, 5) is 4.34. The zero-order chi connectivity index (χ0) is 13.8. The maximum atomic E-state index is 5.91. The van der Waals surface area contributed by atoms with Crippen LogP contribution < -0.4 is 10.1 Å². The van der Waals surface area contributed by atoms with E-state index in [0.29, 0.717) is 21.5 Å². The first-order valence-electron chi connectivity index (χ1n) is 5.85. The number of pyridine rings is 1. The molecule has 3 nitrogen and oxygen atoms in total. The van der Waals surface area contributed by atoms with Crippen molar-refractivity contribution in [2.75, 3.05) is 7.05 Å². The largest absolute Gasteiger partial charge is 0.456 e. The van der Waals surface area contributed by atoms with E-state index >= 15 is 0 Å². The molecule has 1 unspecified atom stereocenters. The van der Waals surface area contributed by atoms with Crippen molar-refractivity contribution >= 4 is 23.2 Å². The smallest absolute Gasteiger partial charge is 0.145 e. The molecule has 0 aliphatic rings. The van der Waals surface area contributed by atoms with Crippen LogP contribution in [0.15, 0.2) is 36.5 Å². The van der Waals surface area contributed by atoms with E-state index in [1.807, 2.05) is 26.1 Å². The second-order valence-corrected chi connectivity index (χ2v) is 5.01. The lowest BCUT2D eigenvalue weighted by atomic mass is 10.2. The molecule has 0 saturated carbocycles. The van der Waals surface area contributed by atoms with Crippen LogP contribution in [0.4, 0.5) is 0 Å². The predicted molar refractivity (Wildman–Crippen MR) is 78.2 cm³/mol. The monoisotopic (exact) mass is 296 g/mol. The number of nitrogens with one attached hydrogen (secondary N) is 1. The molecule has 2 aromatic rings. The van der Waals surface area contributed by atoms with Crippen LogP contribution in [0.5, 0.6) is 11.5 Å². The van der Waals surface area contributed by atoms with Gasteiger partial charge in [-0.15, -0.1) is 0 Å². The van der Waals surface area contributed by atoms with E-state index in [9.17, 15) is 0 Å². The Morgan fingerprint density at radius 2 is 1.79 bits per heavy atom. The Labute approximate surface area is 122 Å². The molecular formula is C14H14Cl2N2O. The van der Waals surface area contributed by atoms with Gasteiger partial charge in [-0.25, -0.2) is 0 Å². The first-order chi connectivity index (χ1) is 9.08. The van der Waals surface area contributed by atoms with Gasteiger partial charge in [-0.2, -0.15) is 0 Å². The van der Waals surface area contributed by atoms with E-state index < -0.39 is 0 Å². The van der Waals surface area contributed by atoms with Gasteiger partial charge in [-0.05, 0) is 44.3 Å². The first kappa shape index (κ1) is 14.1. The van der Waals surface area contributed by atoms with Crippen molar-refractivity contribution in [2.45, 2.75) is 13.0 Å². The molecule has 0 aliphatic heterocycles. The highest BCUT2D eigenvalue weighted by atomic mass is 35.5. The minimum Gasteiger partial charge on any atom is -0.456 e. The van der Waals surface area contributed by atoms with Gasteiger partial charge in [-0.1, -0.05) is 23.2 Å². The Balaban J connectivity index is 2.15. The van der Waals surface area contributed by atoms with Crippen molar-refractivity contribution in [3.8, 4) is 11.5 Å². The number of rotatable bonds is 4. The first-order valence-corrected chi connectivity index (χ1v) is 6.61. The molecule has 1 aromatic carbocycles. The Bertz CT molecular complexity index is 538. The summed E-state index contributed by atoms with van der Waals surface area (Å²) in [7, 11) is 1.89. The van der Waals surface area contributed by atoms with E-state index in [2.05, 4.69) is 10.3 Å². The Kier molecular flexibility index (Phi) is 4.64. The quantitative estimate of drug-likeness (QED) is 0.904. The number of nitrogens with zero attached hydrogens (tertiary/aromatic N) is 1. The van der Waals surface area contributed by atoms with Gasteiger partial charge in [0.25, 0.3) is 0 Å². The molecular weight excluding hydrogens is 283 g/mol. The lowest BCUT2D eigenvalue weighted by molar-refractivity contribution is 0.478. The van der Waals surface area contributed by atoms with Crippen LogP contribution in [-0.4, -0.2) is 12.0 Å². The SMILES string of the molecule is CNC(C)c1ccc(Oc2cc(Cl)cc(Cl)c2)cn1. The molecule has 1 aromatic heterocycles. The molecule has 1 heterocycles. The van der Waals surface area contributed by atoms with Crippen LogP contribution in [0.2, 0.25) is 10.0 Å². The number of aromatic nitrogens is 1. The second kappa shape index (κ2) is 6.24. The molecule has 100 valence electrons.